The summed E-state index contributed by atoms with van der Waals surface area (Å²) in [7, 11) is 2.17. The van der Waals surface area contributed by atoms with Gasteiger partial charge in [-0.25, -0.2) is 9.97 Å². The second kappa shape index (κ2) is 7.59. The Morgan fingerprint density at radius 2 is 1.68 bits per heavy atom. The molecule has 0 aliphatic carbocycles. The van der Waals surface area contributed by atoms with Gasteiger partial charge in [-0.2, -0.15) is 10.2 Å². The molecule has 0 bridgehead atoms. The second-order valence-corrected chi connectivity index (χ2v) is 12.4. The van der Waals surface area contributed by atoms with E-state index in [-0.39, 0.29) is 11.1 Å². The summed E-state index contributed by atoms with van der Waals surface area (Å²) in [5, 5.41) is 21.3. The van der Waals surface area contributed by atoms with E-state index in [4.69, 9.17) is 9.97 Å². The zero-order valence-corrected chi connectivity index (χ0v) is 21.6. The third-order valence-electron chi connectivity index (χ3n) is 6.64. The van der Waals surface area contributed by atoms with Crippen LogP contribution >= 0.6 is 22.7 Å². The molecule has 1 saturated heterocycles. The molecule has 5 heterocycles. The molecule has 34 heavy (non-hydrogen) atoms. The van der Waals surface area contributed by atoms with Crippen LogP contribution in [0.25, 0.3) is 42.3 Å². The lowest BCUT2D eigenvalue weighted by molar-refractivity contribution is 0.161. The molecule has 1 aromatic carbocycles. The third kappa shape index (κ3) is 3.70. The average molecular weight is 493 g/mol. The van der Waals surface area contributed by atoms with Crippen LogP contribution in [-0.4, -0.2) is 54.5 Å². The number of piperidine rings is 1. The predicted molar refractivity (Wildman–Crippen MR) is 141 cm³/mol. The Balaban J connectivity index is 1.32. The number of thiazole rings is 2. The van der Waals surface area contributed by atoms with Gasteiger partial charge in [0.2, 0.25) is 0 Å². The number of rotatable bonds is 4. The van der Waals surface area contributed by atoms with Crippen LogP contribution in [0.3, 0.4) is 0 Å². The first-order valence-corrected chi connectivity index (χ1v) is 13.1. The number of anilines is 1. The van der Waals surface area contributed by atoms with E-state index in [2.05, 4.69) is 77.5 Å². The van der Waals surface area contributed by atoms with Crippen LogP contribution < -0.4 is 10.2 Å². The largest absolute Gasteiger partial charge is 0.348 e. The molecule has 1 fully saturated rings. The van der Waals surface area contributed by atoms with Gasteiger partial charge in [0.05, 0.1) is 17.9 Å². The number of aromatic nitrogens is 6. The Morgan fingerprint density at radius 3 is 2.38 bits per heavy atom. The molecule has 10 heteroatoms. The summed E-state index contributed by atoms with van der Waals surface area (Å²) in [6.07, 6.45) is 7.75. The first-order chi connectivity index (χ1) is 16.2. The molecule has 6 rings (SSSR count). The molecule has 3 N–H and O–H groups in total. The van der Waals surface area contributed by atoms with Crippen molar-refractivity contribution in [1.82, 2.24) is 35.7 Å². The molecule has 5 aromatic rings. The minimum atomic E-state index is 0.0960. The molecule has 0 amide bonds. The maximum atomic E-state index is 5.00. The fraction of sp³-hybridized carbons (Fsp3) is 0.417. The van der Waals surface area contributed by atoms with Crippen molar-refractivity contribution in [3.63, 3.8) is 0 Å². The molecular formula is C24H28N8S2. The highest BCUT2D eigenvalue weighted by molar-refractivity contribution is 7.29. The predicted octanol–water partition coefficient (Wildman–Crippen LogP) is 5.43. The number of fused-ring (bicyclic) bond motifs is 2. The van der Waals surface area contributed by atoms with E-state index < -0.39 is 0 Å². The van der Waals surface area contributed by atoms with Crippen molar-refractivity contribution in [2.45, 2.75) is 57.7 Å². The zero-order valence-electron chi connectivity index (χ0n) is 19.9. The molecule has 0 saturated carbocycles. The van der Waals surface area contributed by atoms with Crippen LogP contribution in [-0.2, 0) is 0 Å². The van der Waals surface area contributed by atoms with Gasteiger partial charge in [0.25, 0.3) is 0 Å². The van der Waals surface area contributed by atoms with Crippen LogP contribution in [0, 0.1) is 0 Å². The number of hydrogen-bond donors (Lipinski definition) is 3. The third-order valence-corrected chi connectivity index (χ3v) is 8.79. The van der Waals surface area contributed by atoms with Crippen LogP contribution in [0.4, 0.5) is 5.13 Å². The highest BCUT2D eigenvalue weighted by Gasteiger charge is 2.39. The van der Waals surface area contributed by atoms with Gasteiger partial charge in [-0.05, 0) is 52.2 Å². The van der Waals surface area contributed by atoms with Crippen molar-refractivity contribution >= 4 is 48.4 Å². The smallest absolute Gasteiger partial charge is 0.188 e. The molecule has 1 aliphatic rings. The van der Waals surface area contributed by atoms with Crippen LogP contribution in [0.15, 0.2) is 30.7 Å². The van der Waals surface area contributed by atoms with Crippen molar-refractivity contribution in [3.05, 3.63) is 30.7 Å². The van der Waals surface area contributed by atoms with Gasteiger partial charge in [0, 0.05) is 46.9 Å². The first kappa shape index (κ1) is 21.7. The Bertz CT molecular complexity index is 1430. The maximum Gasteiger partial charge on any atom is 0.188 e. The van der Waals surface area contributed by atoms with Gasteiger partial charge in [0.15, 0.2) is 14.8 Å². The van der Waals surface area contributed by atoms with Crippen molar-refractivity contribution in [3.8, 4) is 21.7 Å². The Kier molecular flexibility index (Phi) is 4.84. The summed E-state index contributed by atoms with van der Waals surface area (Å²) >= 11 is 3.32. The Morgan fingerprint density at radius 1 is 0.941 bits per heavy atom. The Hall–Kier alpha value is -2.82. The van der Waals surface area contributed by atoms with E-state index in [1.165, 1.54) is 0 Å². The van der Waals surface area contributed by atoms with E-state index in [1.54, 1.807) is 22.7 Å². The number of H-pyrrole nitrogens is 2. The number of aromatic amines is 2. The van der Waals surface area contributed by atoms with Crippen molar-refractivity contribution in [2.75, 3.05) is 11.9 Å². The fourth-order valence-corrected chi connectivity index (χ4v) is 7.56. The summed E-state index contributed by atoms with van der Waals surface area (Å²) in [6, 6.07) is 4.66. The highest BCUT2D eigenvalue weighted by Crippen LogP contribution is 2.41. The lowest BCUT2D eigenvalue weighted by Crippen LogP contribution is -2.61. The van der Waals surface area contributed by atoms with Gasteiger partial charge < -0.3 is 10.2 Å². The number of nitrogens with zero attached hydrogens (tertiary/aromatic N) is 5. The van der Waals surface area contributed by atoms with Crippen molar-refractivity contribution < 1.29 is 0 Å². The number of hydrogen-bond acceptors (Lipinski definition) is 8. The summed E-state index contributed by atoms with van der Waals surface area (Å²) < 4.78 is 0. The fourth-order valence-electron chi connectivity index (χ4n) is 5.46. The molecule has 176 valence electrons. The molecule has 8 nitrogen and oxygen atoms in total. The van der Waals surface area contributed by atoms with Gasteiger partial charge in [0.1, 0.15) is 5.01 Å². The van der Waals surface area contributed by atoms with Crippen LogP contribution in [0.5, 0.6) is 0 Å². The maximum absolute atomic E-state index is 5.00. The Labute approximate surface area is 205 Å². The normalized spacial score (nSPS) is 18.1. The van der Waals surface area contributed by atoms with E-state index in [1.807, 2.05) is 18.6 Å². The second-order valence-electron chi connectivity index (χ2n) is 10.5. The highest BCUT2D eigenvalue weighted by atomic mass is 32.1. The number of nitrogens with one attached hydrogen (secondary N) is 3. The van der Waals surface area contributed by atoms with E-state index in [0.717, 1.165) is 60.2 Å². The minimum Gasteiger partial charge on any atom is -0.348 e. The molecule has 1 aliphatic heterocycles. The van der Waals surface area contributed by atoms with Gasteiger partial charge >= 0.3 is 0 Å². The minimum absolute atomic E-state index is 0.0960. The zero-order chi connectivity index (χ0) is 23.7. The molecule has 0 atom stereocenters. The molecule has 0 unspecified atom stereocenters. The van der Waals surface area contributed by atoms with Crippen molar-refractivity contribution in [2.24, 2.45) is 0 Å². The topological polar surface area (TPSA) is 98.4 Å². The quantitative estimate of drug-likeness (QED) is 0.309. The van der Waals surface area contributed by atoms with Gasteiger partial charge in [-0.15, -0.1) is 0 Å². The standard InChI is InChI=1S/C24H28N8S2/c1-23(2)8-14(9-24(3,4)31-23)32(5)22-29-21-20(34-22)28-19(33-21)16-7-6-15(13-10-25-26-11-13)17-12-27-30-18(16)17/h6-7,10-12,14,31H,8-9H2,1-5H3,(H,25,26)(H,27,30). The van der Waals surface area contributed by atoms with Crippen LogP contribution in [0.2, 0.25) is 0 Å². The molecular weight excluding hydrogens is 464 g/mol. The average Bonchev–Trinajstić information content (AvgIpc) is 3.53. The summed E-state index contributed by atoms with van der Waals surface area (Å²) in [5.41, 5.74) is 4.35. The molecule has 0 radical (unpaired) electrons. The summed E-state index contributed by atoms with van der Waals surface area (Å²) in [5.74, 6) is 0. The van der Waals surface area contributed by atoms with Crippen molar-refractivity contribution in [1.29, 1.82) is 0 Å². The monoisotopic (exact) mass is 492 g/mol. The lowest BCUT2D eigenvalue weighted by Gasteiger charge is -2.48. The molecule has 4 aromatic heterocycles. The molecule has 0 spiro atoms. The van der Waals surface area contributed by atoms with E-state index in [9.17, 15) is 0 Å². The van der Waals surface area contributed by atoms with E-state index in [0.29, 0.717) is 6.04 Å². The van der Waals surface area contributed by atoms with Crippen LogP contribution in [0.1, 0.15) is 40.5 Å². The van der Waals surface area contributed by atoms with Gasteiger partial charge in [-0.3, -0.25) is 10.2 Å². The summed E-state index contributed by atoms with van der Waals surface area (Å²) in [6.45, 7) is 9.15. The summed E-state index contributed by atoms with van der Waals surface area (Å²) in [4.78, 5) is 14.3. The SMILES string of the molecule is CN(c1nc2sc(-c3ccc(-c4cn[nH]c4)c4cn[nH]c34)nc2s1)C1CC(C)(C)NC(C)(C)C1. The number of benzene rings is 1. The van der Waals surface area contributed by atoms with E-state index >= 15 is 0 Å². The first-order valence-electron chi connectivity index (χ1n) is 11.4. The van der Waals surface area contributed by atoms with Gasteiger partial charge in [-0.1, -0.05) is 28.7 Å². The lowest BCUT2D eigenvalue weighted by atomic mass is 9.79.